The van der Waals surface area contributed by atoms with Crippen molar-refractivity contribution in [2.24, 2.45) is 0 Å². The Kier molecular flexibility index (Phi) is 5.85. The summed E-state index contributed by atoms with van der Waals surface area (Å²) in [7, 11) is -4.67. The Hall–Kier alpha value is -1.84. The van der Waals surface area contributed by atoms with Gasteiger partial charge in [-0.15, -0.1) is 0 Å². The van der Waals surface area contributed by atoms with Crippen molar-refractivity contribution < 1.29 is 22.3 Å². The molecule has 88 valence electrons. The Morgan fingerprint density at radius 3 is 2.19 bits per heavy atom. The van der Waals surface area contributed by atoms with E-state index in [1.165, 1.54) is 0 Å². The first kappa shape index (κ1) is 14.2. The predicted molar refractivity (Wildman–Crippen MR) is 55.0 cm³/mol. The molecule has 0 aliphatic heterocycles. The second-order valence-corrected chi connectivity index (χ2v) is 3.11. The highest BCUT2D eigenvalue weighted by Gasteiger charge is 1.95. The molecule has 0 radical (unpaired) electrons. The van der Waals surface area contributed by atoms with E-state index in [1.807, 2.05) is 0 Å². The molecule has 1 aromatic rings. The molecule has 3 N–H and O–H groups in total. The maximum Gasteiger partial charge on any atom is 0.394 e. The third kappa shape index (κ3) is 10.2. The van der Waals surface area contributed by atoms with Gasteiger partial charge in [0.05, 0.1) is 0 Å². The second kappa shape index (κ2) is 6.61. The quantitative estimate of drug-likeness (QED) is 0.493. The number of aromatic nitrogens is 2. The van der Waals surface area contributed by atoms with Crippen molar-refractivity contribution in [1.82, 2.24) is 9.97 Å². The minimum Gasteiger partial charge on any atom is -0.291 e. The zero-order valence-corrected chi connectivity index (χ0v) is 8.75. The van der Waals surface area contributed by atoms with Gasteiger partial charge in [0.25, 0.3) is 0 Å². The van der Waals surface area contributed by atoms with Crippen LogP contribution >= 0.6 is 0 Å². The Labute approximate surface area is 91.6 Å². The van der Waals surface area contributed by atoms with Gasteiger partial charge in [-0.1, -0.05) is 6.58 Å². The van der Waals surface area contributed by atoms with Crippen LogP contribution in [0.3, 0.4) is 0 Å². The molecule has 0 saturated carbocycles. The number of carbonyl (C=O) groups is 1. The fraction of sp³-hybridized carbons (Fsp3) is 0. The highest BCUT2D eigenvalue weighted by molar-refractivity contribution is 7.79. The maximum absolute atomic E-state index is 10.7. The summed E-state index contributed by atoms with van der Waals surface area (Å²) in [4.78, 5) is 18.2. The number of hydrogen-bond donors (Lipinski definition) is 3. The van der Waals surface area contributed by atoms with Gasteiger partial charge < -0.3 is 0 Å². The Bertz CT molecular complexity index is 436. The van der Waals surface area contributed by atoms with E-state index in [-0.39, 0.29) is 11.9 Å². The largest absolute Gasteiger partial charge is 0.394 e. The van der Waals surface area contributed by atoms with Crippen molar-refractivity contribution in [2.45, 2.75) is 0 Å². The number of nitrogens with one attached hydrogen (secondary N) is 1. The molecule has 0 spiro atoms. The van der Waals surface area contributed by atoms with Crippen LogP contribution in [-0.4, -0.2) is 33.4 Å². The minimum atomic E-state index is -4.67. The molecule has 1 heterocycles. The molecule has 0 aliphatic rings. The Morgan fingerprint density at radius 1 is 1.38 bits per heavy atom. The lowest BCUT2D eigenvalue weighted by atomic mass is 10.6. The van der Waals surface area contributed by atoms with Crippen molar-refractivity contribution in [3.8, 4) is 0 Å². The van der Waals surface area contributed by atoms with Crippen molar-refractivity contribution in [3.63, 3.8) is 0 Å². The Morgan fingerprint density at radius 2 is 1.81 bits per heavy atom. The van der Waals surface area contributed by atoms with Gasteiger partial charge in [-0.05, 0) is 12.1 Å². The van der Waals surface area contributed by atoms with Crippen LogP contribution in [0.4, 0.5) is 5.95 Å². The van der Waals surface area contributed by atoms with E-state index in [1.54, 1.807) is 18.5 Å². The first-order chi connectivity index (χ1) is 7.33. The van der Waals surface area contributed by atoms with Crippen LogP contribution in [0.25, 0.3) is 0 Å². The van der Waals surface area contributed by atoms with Gasteiger partial charge >= 0.3 is 10.4 Å². The summed E-state index contributed by atoms with van der Waals surface area (Å²) in [5.74, 6) is -0.0198. The molecule has 0 aliphatic carbocycles. The fourth-order valence-electron chi connectivity index (χ4n) is 0.525. The number of amides is 1. The molecule has 0 unspecified atom stereocenters. The summed E-state index contributed by atoms with van der Waals surface area (Å²) in [6.07, 6.45) is 4.26. The summed E-state index contributed by atoms with van der Waals surface area (Å²) in [5, 5.41) is 2.41. The smallest absolute Gasteiger partial charge is 0.291 e. The molecule has 8 nitrogen and oxygen atoms in total. The zero-order chi connectivity index (χ0) is 12.6. The van der Waals surface area contributed by atoms with Gasteiger partial charge in [0.15, 0.2) is 0 Å². The third-order valence-electron chi connectivity index (χ3n) is 0.986. The first-order valence-corrected chi connectivity index (χ1v) is 5.13. The van der Waals surface area contributed by atoms with Crippen LogP contribution in [0.1, 0.15) is 0 Å². The standard InChI is InChI=1S/C7H7N3O.H2O4S/c1-2-6(11)10-7-8-4-3-5-9-7;1-5(2,3)4/h2-5H,1H2,(H,8,9,10,11);(H2,1,2,3,4). The number of hydrogen-bond acceptors (Lipinski definition) is 5. The molecule has 1 aromatic heterocycles. The second-order valence-electron chi connectivity index (χ2n) is 2.21. The number of carbonyl (C=O) groups excluding carboxylic acids is 1. The first-order valence-electron chi connectivity index (χ1n) is 3.73. The molecule has 0 atom stereocenters. The van der Waals surface area contributed by atoms with E-state index < -0.39 is 10.4 Å². The minimum absolute atomic E-state index is 0.289. The van der Waals surface area contributed by atoms with Gasteiger partial charge in [-0.25, -0.2) is 9.97 Å². The van der Waals surface area contributed by atoms with Crippen LogP contribution in [-0.2, 0) is 15.2 Å². The maximum atomic E-state index is 10.7. The summed E-state index contributed by atoms with van der Waals surface area (Å²) in [6.45, 7) is 3.29. The monoisotopic (exact) mass is 247 g/mol. The molecule has 1 amide bonds. The van der Waals surface area contributed by atoms with Crippen LogP contribution in [0, 0.1) is 0 Å². The van der Waals surface area contributed by atoms with Gasteiger partial charge in [-0.2, -0.15) is 8.42 Å². The van der Waals surface area contributed by atoms with Crippen LogP contribution in [0.15, 0.2) is 31.1 Å². The molecule has 9 heteroatoms. The highest BCUT2D eigenvalue weighted by atomic mass is 32.3. The molecular formula is C7H9N3O5S. The lowest BCUT2D eigenvalue weighted by Gasteiger charge is -1.96. The van der Waals surface area contributed by atoms with E-state index >= 15 is 0 Å². The average molecular weight is 247 g/mol. The predicted octanol–water partition coefficient (Wildman–Crippen LogP) is -0.0517. The van der Waals surface area contributed by atoms with Gasteiger partial charge in [0, 0.05) is 12.4 Å². The van der Waals surface area contributed by atoms with E-state index in [0.717, 1.165) is 6.08 Å². The van der Waals surface area contributed by atoms with E-state index in [4.69, 9.17) is 17.5 Å². The summed E-state index contributed by atoms with van der Waals surface area (Å²) >= 11 is 0. The lowest BCUT2D eigenvalue weighted by Crippen LogP contribution is -2.09. The molecule has 0 bridgehead atoms. The summed E-state index contributed by atoms with van der Waals surface area (Å²) < 4.78 is 31.6. The van der Waals surface area contributed by atoms with E-state index in [2.05, 4.69) is 21.9 Å². The van der Waals surface area contributed by atoms with Crippen LogP contribution in [0.2, 0.25) is 0 Å². The van der Waals surface area contributed by atoms with Gasteiger partial charge in [0.1, 0.15) is 0 Å². The fourth-order valence-corrected chi connectivity index (χ4v) is 0.525. The molecule has 16 heavy (non-hydrogen) atoms. The topological polar surface area (TPSA) is 129 Å². The van der Waals surface area contributed by atoms with Crippen molar-refractivity contribution in [2.75, 3.05) is 5.32 Å². The molecule has 0 fully saturated rings. The molecule has 0 aromatic carbocycles. The van der Waals surface area contributed by atoms with Gasteiger partial charge in [-0.3, -0.25) is 19.2 Å². The SMILES string of the molecule is C=CC(=O)Nc1ncccn1.O=S(=O)(O)O. The zero-order valence-electron chi connectivity index (χ0n) is 7.94. The highest BCUT2D eigenvalue weighted by Crippen LogP contribution is 1.92. The van der Waals surface area contributed by atoms with E-state index in [9.17, 15) is 4.79 Å². The normalized spacial score (nSPS) is 9.62. The van der Waals surface area contributed by atoms with Crippen molar-refractivity contribution in [1.29, 1.82) is 0 Å². The number of nitrogens with zero attached hydrogens (tertiary/aromatic N) is 2. The number of anilines is 1. The van der Waals surface area contributed by atoms with Crippen LogP contribution < -0.4 is 5.32 Å². The summed E-state index contributed by atoms with van der Waals surface area (Å²) in [5.41, 5.74) is 0. The Balaban J connectivity index is 0.000000385. The third-order valence-corrected chi connectivity index (χ3v) is 0.986. The molecular weight excluding hydrogens is 238 g/mol. The van der Waals surface area contributed by atoms with Crippen molar-refractivity contribution >= 4 is 22.3 Å². The van der Waals surface area contributed by atoms with Crippen LogP contribution in [0.5, 0.6) is 0 Å². The average Bonchev–Trinajstić information content (AvgIpc) is 2.16. The number of rotatable bonds is 2. The van der Waals surface area contributed by atoms with Crippen molar-refractivity contribution in [3.05, 3.63) is 31.1 Å². The molecule has 1 rings (SSSR count). The summed E-state index contributed by atoms with van der Waals surface area (Å²) in [6, 6.07) is 1.67. The lowest BCUT2D eigenvalue weighted by molar-refractivity contribution is -0.111. The van der Waals surface area contributed by atoms with Gasteiger partial charge in [0.2, 0.25) is 11.9 Å². The molecule has 0 saturated heterocycles. The van der Waals surface area contributed by atoms with E-state index in [0.29, 0.717) is 0 Å².